The Morgan fingerprint density at radius 3 is 2.62 bits per heavy atom. The molecule has 0 aliphatic carbocycles. The van der Waals surface area contributed by atoms with Crippen LogP contribution in [0.15, 0.2) is 10.8 Å². The lowest BCUT2D eigenvalue weighted by molar-refractivity contribution is 0.659. The summed E-state index contributed by atoms with van der Waals surface area (Å²) in [6.45, 7) is 7.51. The molecule has 0 amide bonds. The number of aromatic nitrogens is 2. The molecule has 1 N–H and O–H groups in total. The van der Waals surface area contributed by atoms with E-state index in [1.54, 1.807) is 6.33 Å². The minimum absolute atomic E-state index is 0.427. The van der Waals surface area contributed by atoms with Crippen LogP contribution in [-0.2, 0) is 0 Å². The largest absolute Gasteiger partial charge is 0.372 e. The highest BCUT2D eigenvalue weighted by Crippen LogP contribution is 2.30. The van der Waals surface area contributed by atoms with Gasteiger partial charge in [-0.05, 0) is 36.2 Å². The van der Waals surface area contributed by atoms with E-state index in [1.807, 2.05) is 7.05 Å². The van der Waals surface area contributed by atoms with Crippen molar-refractivity contribution in [3.05, 3.63) is 10.8 Å². The summed E-state index contributed by atoms with van der Waals surface area (Å²) >= 11 is 3.55. The quantitative estimate of drug-likeness (QED) is 0.904. The summed E-state index contributed by atoms with van der Waals surface area (Å²) in [5, 5.41) is 3.05. The number of hydrogen-bond acceptors (Lipinski definition) is 4. The third kappa shape index (κ3) is 2.84. The maximum Gasteiger partial charge on any atom is 0.148 e. The molecule has 4 nitrogen and oxygen atoms in total. The Balaban J connectivity index is 3.08. The van der Waals surface area contributed by atoms with E-state index < -0.39 is 0 Å². The fraction of sp³-hybridized carbons (Fsp3) is 0.636. The second-order valence-electron chi connectivity index (χ2n) is 3.90. The minimum Gasteiger partial charge on any atom is -0.372 e. The zero-order chi connectivity index (χ0) is 12.1. The molecule has 1 aromatic rings. The summed E-state index contributed by atoms with van der Waals surface area (Å²) in [7, 11) is 1.86. The van der Waals surface area contributed by atoms with Gasteiger partial charge in [-0.15, -0.1) is 0 Å². The van der Waals surface area contributed by atoms with Crippen molar-refractivity contribution < 1.29 is 0 Å². The van der Waals surface area contributed by atoms with Gasteiger partial charge in [-0.3, -0.25) is 0 Å². The molecule has 16 heavy (non-hydrogen) atoms. The third-order valence-corrected chi connectivity index (χ3v) is 3.10. The molecule has 1 heterocycles. The molecule has 1 rings (SSSR count). The van der Waals surface area contributed by atoms with Gasteiger partial charge in [-0.1, -0.05) is 6.92 Å². The number of nitrogens with zero attached hydrogens (tertiary/aromatic N) is 3. The first-order valence-electron chi connectivity index (χ1n) is 5.56. The van der Waals surface area contributed by atoms with Gasteiger partial charge in [0.2, 0.25) is 0 Å². The first kappa shape index (κ1) is 13.2. The molecular formula is C11H19BrN4. The smallest absolute Gasteiger partial charge is 0.148 e. The van der Waals surface area contributed by atoms with E-state index >= 15 is 0 Å². The Bertz CT molecular complexity index is 341. The van der Waals surface area contributed by atoms with Gasteiger partial charge in [-0.2, -0.15) is 0 Å². The molecule has 0 atom stereocenters. The van der Waals surface area contributed by atoms with Crippen molar-refractivity contribution in [1.29, 1.82) is 0 Å². The third-order valence-electron chi connectivity index (χ3n) is 2.37. The fourth-order valence-electron chi connectivity index (χ4n) is 1.58. The van der Waals surface area contributed by atoms with Crippen LogP contribution in [0.4, 0.5) is 11.6 Å². The lowest BCUT2D eigenvalue weighted by Gasteiger charge is -2.28. The summed E-state index contributed by atoms with van der Waals surface area (Å²) in [4.78, 5) is 10.8. The average molecular weight is 287 g/mol. The van der Waals surface area contributed by atoms with Crippen molar-refractivity contribution in [2.75, 3.05) is 23.8 Å². The van der Waals surface area contributed by atoms with Gasteiger partial charge in [0.15, 0.2) is 0 Å². The molecular weight excluding hydrogens is 268 g/mol. The summed E-state index contributed by atoms with van der Waals surface area (Å²) < 4.78 is 0.930. The zero-order valence-corrected chi connectivity index (χ0v) is 11.9. The van der Waals surface area contributed by atoms with Gasteiger partial charge in [0.25, 0.3) is 0 Å². The van der Waals surface area contributed by atoms with Crippen molar-refractivity contribution in [2.24, 2.45) is 0 Å². The molecule has 0 radical (unpaired) electrons. The Labute approximate surface area is 106 Å². The van der Waals surface area contributed by atoms with Gasteiger partial charge >= 0.3 is 0 Å². The maximum atomic E-state index is 4.36. The van der Waals surface area contributed by atoms with Crippen molar-refractivity contribution in [3.63, 3.8) is 0 Å². The molecule has 0 bridgehead atoms. The van der Waals surface area contributed by atoms with Crippen LogP contribution < -0.4 is 10.2 Å². The van der Waals surface area contributed by atoms with E-state index in [-0.39, 0.29) is 0 Å². The van der Waals surface area contributed by atoms with Crippen LogP contribution in [0, 0.1) is 0 Å². The van der Waals surface area contributed by atoms with Crippen molar-refractivity contribution in [1.82, 2.24) is 9.97 Å². The molecule has 0 unspecified atom stereocenters. The molecule has 0 fully saturated rings. The van der Waals surface area contributed by atoms with Crippen molar-refractivity contribution in [3.8, 4) is 0 Å². The van der Waals surface area contributed by atoms with Crippen molar-refractivity contribution >= 4 is 27.6 Å². The van der Waals surface area contributed by atoms with Crippen LogP contribution in [0.2, 0.25) is 0 Å². The standard InChI is InChI=1S/C11H19BrN4/c1-5-6-16(8(2)3)11-9(12)10(13-4)14-7-15-11/h7-8H,5-6H2,1-4H3,(H,13,14,15). The molecule has 0 aliphatic rings. The van der Waals surface area contributed by atoms with E-state index in [9.17, 15) is 0 Å². The number of nitrogens with one attached hydrogen (secondary N) is 1. The fourth-order valence-corrected chi connectivity index (χ4v) is 2.22. The predicted molar refractivity (Wildman–Crippen MR) is 72.1 cm³/mol. The number of anilines is 2. The monoisotopic (exact) mass is 286 g/mol. The Morgan fingerprint density at radius 1 is 1.44 bits per heavy atom. The number of hydrogen-bond donors (Lipinski definition) is 1. The molecule has 1 aromatic heterocycles. The first-order valence-corrected chi connectivity index (χ1v) is 6.36. The predicted octanol–water partition coefficient (Wildman–Crippen LogP) is 2.91. The van der Waals surface area contributed by atoms with Crippen LogP contribution in [-0.4, -0.2) is 29.6 Å². The normalized spacial score (nSPS) is 10.6. The van der Waals surface area contributed by atoms with E-state index in [4.69, 9.17) is 0 Å². The second-order valence-corrected chi connectivity index (χ2v) is 4.69. The molecule has 0 aromatic carbocycles. The Hall–Kier alpha value is -0.840. The van der Waals surface area contributed by atoms with E-state index in [1.165, 1.54) is 0 Å². The highest BCUT2D eigenvalue weighted by atomic mass is 79.9. The zero-order valence-electron chi connectivity index (χ0n) is 10.3. The van der Waals surface area contributed by atoms with Crippen LogP contribution in [0.5, 0.6) is 0 Å². The van der Waals surface area contributed by atoms with Gasteiger partial charge in [0.05, 0.1) is 0 Å². The molecule has 90 valence electrons. The van der Waals surface area contributed by atoms with Gasteiger partial charge in [-0.25, -0.2) is 9.97 Å². The van der Waals surface area contributed by atoms with Crippen LogP contribution >= 0.6 is 15.9 Å². The summed E-state index contributed by atoms with van der Waals surface area (Å²) in [6.07, 6.45) is 2.69. The van der Waals surface area contributed by atoms with Gasteiger partial charge < -0.3 is 10.2 Å². The summed E-state index contributed by atoms with van der Waals surface area (Å²) in [5.74, 6) is 1.78. The second kappa shape index (κ2) is 6.03. The van der Waals surface area contributed by atoms with Crippen LogP contribution in [0.3, 0.4) is 0 Å². The Morgan fingerprint density at radius 2 is 2.12 bits per heavy atom. The van der Waals surface area contributed by atoms with Crippen LogP contribution in [0.1, 0.15) is 27.2 Å². The van der Waals surface area contributed by atoms with E-state index in [0.717, 1.165) is 29.1 Å². The van der Waals surface area contributed by atoms with E-state index in [0.29, 0.717) is 6.04 Å². The molecule has 0 aliphatic heterocycles. The van der Waals surface area contributed by atoms with Gasteiger partial charge in [0, 0.05) is 19.6 Å². The first-order chi connectivity index (χ1) is 7.61. The number of halogens is 1. The van der Waals surface area contributed by atoms with Gasteiger partial charge in [0.1, 0.15) is 22.4 Å². The maximum absolute atomic E-state index is 4.36. The minimum atomic E-state index is 0.427. The molecule has 0 spiro atoms. The SMILES string of the molecule is CCCN(c1ncnc(NC)c1Br)C(C)C. The van der Waals surface area contributed by atoms with Crippen molar-refractivity contribution in [2.45, 2.75) is 33.2 Å². The van der Waals surface area contributed by atoms with E-state index in [2.05, 4.69) is 56.9 Å². The molecule has 0 saturated heterocycles. The molecule has 5 heteroatoms. The summed E-state index contributed by atoms with van der Waals surface area (Å²) in [6, 6.07) is 0.427. The highest BCUT2D eigenvalue weighted by Gasteiger charge is 2.16. The number of rotatable bonds is 5. The highest BCUT2D eigenvalue weighted by molar-refractivity contribution is 9.10. The van der Waals surface area contributed by atoms with Crippen LogP contribution in [0.25, 0.3) is 0 Å². The Kier molecular flexibility index (Phi) is 4.99. The molecule has 0 saturated carbocycles. The lowest BCUT2D eigenvalue weighted by Crippen LogP contribution is -2.32. The lowest BCUT2D eigenvalue weighted by atomic mass is 10.3. The average Bonchev–Trinajstić information content (AvgIpc) is 2.26. The summed E-state index contributed by atoms with van der Waals surface area (Å²) in [5.41, 5.74) is 0. The topological polar surface area (TPSA) is 41.1 Å².